The molecule has 0 unspecified atom stereocenters. The highest BCUT2D eigenvalue weighted by atomic mass is 16.5. The number of ether oxygens (including phenoxy) is 2. The Balaban J connectivity index is 1.68. The lowest BCUT2D eigenvalue weighted by atomic mass is 9.90. The molecule has 6 nitrogen and oxygen atoms in total. The summed E-state index contributed by atoms with van der Waals surface area (Å²) in [7, 11) is 0. The van der Waals surface area contributed by atoms with Gasteiger partial charge in [0.05, 0.1) is 23.4 Å². The van der Waals surface area contributed by atoms with E-state index in [2.05, 4.69) is 4.98 Å². The van der Waals surface area contributed by atoms with Crippen LogP contribution in [0.4, 0.5) is 0 Å². The average molecular weight is 383 g/mol. The van der Waals surface area contributed by atoms with Gasteiger partial charge >= 0.3 is 11.9 Å². The van der Waals surface area contributed by atoms with Gasteiger partial charge < -0.3 is 14.5 Å². The summed E-state index contributed by atoms with van der Waals surface area (Å²) in [5.41, 5.74) is 4.60. The topological polar surface area (TPSA) is 85.5 Å². The van der Waals surface area contributed by atoms with Crippen molar-refractivity contribution in [3.05, 3.63) is 57.4 Å². The summed E-state index contributed by atoms with van der Waals surface area (Å²) in [5.74, 6) is -1.38. The molecule has 0 bridgehead atoms. The fourth-order valence-corrected chi connectivity index (χ4v) is 3.69. The second-order valence-corrected chi connectivity index (χ2v) is 7.04. The number of ketones is 1. The Morgan fingerprint density at radius 1 is 1.00 bits per heavy atom. The van der Waals surface area contributed by atoms with E-state index < -0.39 is 11.9 Å². The Morgan fingerprint density at radius 2 is 1.71 bits per heavy atom. The average Bonchev–Trinajstić information content (AvgIpc) is 2.99. The van der Waals surface area contributed by atoms with E-state index in [1.165, 1.54) is 17.5 Å². The summed E-state index contributed by atoms with van der Waals surface area (Å²) in [6, 6.07) is 5.58. The molecular formula is C22H25NO5. The molecule has 6 heteroatoms. The van der Waals surface area contributed by atoms with Gasteiger partial charge in [0.1, 0.15) is 0 Å². The minimum Gasteiger partial charge on any atom is -0.462 e. The summed E-state index contributed by atoms with van der Waals surface area (Å²) in [5, 5.41) is 0. The first-order valence-corrected chi connectivity index (χ1v) is 9.60. The third-order valence-corrected chi connectivity index (χ3v) is 5.11. The lowest BCUT2D eigenvalue weighted by molar-refractivity contribution is 0.0472. The van der Waals surface area contributed by atoms with E-state index >= 15 is 0 Å². The summed E-state index contributed by atoms with van der Waals surface area (Å²) in [6.07, 6.45) is 4.30. The highest BCUT2D eigenvalue weighted by molar-refractivity contribution is 6.03. The minimum absolute atomic E-state index is 0.255. The highest BCUT2D eigenvalue weighted by Crippen LogP contribution is 2.23. The maximum atomic E-state index is 12.5. The fourth-order valence-electron chi connectivity index (χ4n) is 3.69. The number of rotatable bonds is 6. The first-order chi connectivity index (χ1) is 13.4. The van der Waals surface area contributed by atoms with E-state index in [0.717, 1.165) is 19.3 Å². The first-order valence-electron chi connectivity index (χ1n) is 9.60. The van der Waals surface area contributed by atoms with Gasteiger partial charge in [0.15, 0.2) is 6.61 Å². The van der Waals surface area contributed by atoms with E-state index in [-0.39, 0.29) is 24.7 Å². The van der Waals surface area contributed by atoms with Crippen LogP contribution in [0.3, 0.4) is 0 Å². The number of aryl methyl sites for hydroxylation is 3. The lowest BCUT2D eigenvalue weighted by Crippen LogP contribution is -2.16. The molecule has 0 aliphatic heterocycles. The second-order valence-electron chi connectivity index (χ2n) is 7.04. The maximum Gasteiger partial charge on any atom is 0.340 e. The number of nitrogens with one attached hydrogen (secondary N) is 1. The van der Waals surface area contributed by atoms with Gasteiger partial charge in [-0.2, -0.15) is 0 Å². The van der Waals surface area contributed by atoms with Crippen LogP contribution in [0.2, 0.25) is 0 Å². The van der Waals surface area contributed by atoms with Crippen molar-refractivity contribution in [1.82, 2.24) is 4.98 Å². The molecule has 1 aliphatic carbocycles. The smallest absolute Gasteiger partial charge is 0.340 e. The number of esters is 2. The number of aromatic nitrogens is 1. The Morgan fingerprint density at radius 3 is 2.43 bits per heavy atom. The van der Waals surface area contributed by atoms with Crippen molar-refractivity contribution < 1.29 is 23.9 Å². The SMILES string of the molecule is CCOC(=O)c1c(C)[nH]c(C(=O)COC(=O)c2ccc3c(c2)CCCC3)c1C. The third-order valence-electron chi connectivity index (χ3n) is 5.11. The quantitative estimate of drug-likeness (QED) is 0.607. The van der Waals surface area contributed by atoms with E-state index in [1.807, 2.05) is 12.1 Å². The molecule has 0 atom stereocenters. The van der Waals surface area contributed by atoms with Gasteiger partial charge in [-0.25, -0.2) is 9.59 Å². The highest BCUT2D eigenvalue weighted by Gasteiger charge is 2.24. The van der Waals surface area contributed by atoms with Crippen molar-refractivity contribution in [2.45, 2.75) is 46.5 Å². The third kappa shape index (κ3) is 4.01. The molecule has 1 N–H and O–H groups in total. The Kier molecular flexibility index (Phi) is 5.97. The van der Waals surface area contributed by atoms with Gasteiger partial charge in [0.25, 0.3) is 0 Å². The van der Waals surface area contributed by atoms with E-state index in [1.54, 1.807) is 26.8 Å². The number of H-pyrrole nitrogens is 1. The summed E-state index contributed by atoms with van der Waals surface area (Å²) in [4.78, 5) is 39.8. The number of Topliss-reactive ketones (excluding diaryl/α,β-unsaturated/α-hetero) is 1. The maximum absolute atomic E-state index is 12.5. The molecule has 1 aliphatic rings. The molecule has 0 amide bonds. The summed E-state index contributed by atoms with van der Waals surface area (Å²) in [6.45, 7) is 4.97. The van der Waals surface area contributed by atoms with Crippen molar-refractivity contribution in [2.24, 2.45) is 0 Å². The number of hydrogen-bond acceptors (Lipinski definition) is 5. The molecule has 1 heterocycles. The van der Waals surface area contributed by atoms with Gasteiger partial charge in [0.2, 0.25) is 5.78 Å². The van der Waals surface area contributed by atoms with E-state index in [0.29, 0.717) is 22.4 Å². The first kappa shape index (κ1) is 19.9. The fraction of sp³-hybridized carbons (Fsp3) is 0.409. The van der Waals surface area contributed by atoms with Crippen LogP contribution in [-0.4, -0.2) is 35.9 Å². The number of hydrogen-bond donors (Lipinski definition) is 1. The van der Waals surface area contributed by atoms with Gasteiger partial charge in [-0.1, -0.05) is 6.07 Å². The number of carbonyl (C=O) groups excluding carboxylic acids is 3. The van der Waals surface area contributed by atoms with Gasteiger partial charge in [-0.15, -0.1) is 0 Å². The molecule has 0 radical (unpaired) electrons. The molecule has 0 spiro atoms. The van der Waals surface area contributed by atoms with E-state index in [4.69, 9.17) is 9.47 Å². The van der Waals surface area contributed by atoms with Crippen LogP contribution in [0.1, 0.15) is 73.4 Å². The number of carbonyl (C=O) groups is 3. The van der Waals surface area contributed by atoms with Gasteiger partial charge in [-0.05, 0) is 75.3 Å². The Labute approximate surface area is 164 Å². The predicted octanol–water partition coefficient (Wildman–Crippen LogP) is 3.73. The largest absolute Gasteiger partial charge is 0.462 e. The molecule has 0 saturated heterocycles. The second kappa shape index (κ2) is 8.42. The zero-order valence-corrected chi connectivity index (χ0v) is 16.5. The van der Waals surface area contributed by atoms with Crippen LogP contribution < -0.4 is 0 Å². The molecule has 1 aromatic carbocycles. The molecular weight excluding hydrogens is 358 g/mol. The monoisotopic (exact) mass is 383 g/mol. The lowest BCUT2D eigenvalue weighted by Gasteiger charge is -2.16. The minimum atomic E-state index is -0.520. The zero-order chi connectivity index (χ0) is 20.3. The summed E-state index contributed by atoms with van der Waals surface area (Å²) < 4.78 is 10.3. The predicted molar refractivity (Wildman–Crippen MR) is 104 cm³/mol. The molecule has 3 rings (SSSR count). The van der Waals surface area contributed by atoms with Crippen LogP contribution in [0.15, 0.2) is 18.2 Å². The van der Waals surface area contributed by atoms with Crippen molar-refractivity contribution in [3.8, 4) is 0 Å². The zero-order valence-electron chi connectivity index (χ0n) is 16.5. The van der Waals surface area contributed by atoms with Crippen LogP contribution in [0.25, 0.3) is 0 Å². The van der Waals surface area contributed by atoms with Crippen LogP contribution >= 0.6 is 0 Å². The van der Waals surface area contributed by atoms with Crippen molar-refractivity contribution in [2.75, 3.05) is 13.2 Å². The van der Waals surface area contributed by atoms with Crippen molar-refractivity contribution in [3.63, 3.8) is 0 Å². The molecule has 1 aromatic heterocycles. The molecule has 28 heavy (non-hydrogen) atoms. The standard InChI is InChI=1S/C22H25NO5/c1-4-27-22(26)19-13(2)20(23-14(19)3)18(24)12-28-21(25)17-10-9-15-7-5-6-8-16(15)11-17/h9-11,23H,4-8,12H2,1-3H3. The number of fused-ring (bicyclic) bond motifs is 1. The molecule has 148 valence electrons. The summed E-state index contributed by atoms with van der Waals surface area (Å²) >= 11 is 0. The van der Waals surface area contributed by atoms with Crippen molar-refractivity contribution >= 4 is 17.7 Å². The number of benzene rings is 1. The molecule has 2 aromatic rings. The van der Waals surface area contributed by atoms with Crippen LogP contribution in [0, 0.1) is 13.8 Å². The number of aromatic amines is 1. The Hall–Kier alpha value is -2.89. The van der Waals surface area contributed by atoms with Gasteiger partial charge in [0, 0.05) is 5.69 Å². The molecule has 0 saturated carbocycles. The van der Waals surface area contributed by atoms with Gasteiger partial charge in [-0.3, -0.25) is 4.79 Å². The van der Waals surface area contributed by atoms with Crippen LogP contribution in [0.5, 0.6) is 0 Å². The van der Waals surface area contributed by atoms with Crippen molar-refractivity contribution in [1.29, 1.82) is 0 Å². The van der Waals surface area contributed by atoms with E-state index in [9.17, 15) is 14.4 Å². The Bertz CT molecular complexity index is 925. The molecule has 0 fully saturated rings. The van der Waals surface area contributed by atoms with Crippen LogP contribution in [-0.2, 0) is 22.3 Å². The normalized spacial score (nSPS) is 13.0.